The summed E-state index contributed by atoms with van der Waals surface area (Å²) >= 11 is 0. The van der Waals surface area contributed by atoms with E-state index in [1.54, 1.807) is 0 Å². The molecule has 0 aromatic rings. The van der Waals surface area contributed by atoms with Gasteiger partial charge in [-0.1, -0.05) is 13.8 Å². The van der Waals surface area contributed by atoms with Crippen molar-refractivity contribution in [1.82, 2.24) is 5.32 Å². The molecule has 0 radical (unpaired) electrons. The summed E-state index contributed by atoms with van der Waals surface area (Å²) in [5.74, 6) is 1.95. The average Bonchev–Trinajstić information content (AvgIpc) is 2.02. The molecule has 1 aliphatic carbocycles. The molecule has 1 saturated carbocycles. The SMILES string of the molecule is CC1CC(C)CC2(CCNCC2)C1. The minimum Gasteiger partial charge on any atom is -0.317 e. The summed E-state index contributed by atoms with van der Waals surface area (Å²) in [7, 11) is 0. The van der Waals surface area contributed by atoms with Gasteiger partial charge in [-0.2, -0.15) is 0 Å². The summed E-state index contributed by atoms with van der Waals surface area (Å²) in [4.78, 5) is 0. The van der Waals surface area contributed by atoms with Crippen LogP contribution in [0.3, 0.4) is 0 Å². The molecule has 0 bridgehead atoms. The van der Waals surface area contributed by atoms with Gasteiger partial charge in [0, 0.05) is 0 Å². The van der Waals surface area contributed by atoms with Crippen LogP contribution in [0, 0.1) is 17.3 Å². The van der Waals surface area contributed by atoms with Gasteiger partial charge in [-0.15, -0.1) is 0 Å². The molecule has 1 spiro atoms. The van der Waals surface area contributed by atoms with Crippen molar-refractivity contribution in [1.29, 1.82) is 0 Å². The molecule has 76 valence electrons. The van der Waals surface area contributed by atoms with E-state index in [1.807, 2.05) is 0 Å². The maximum atomic E-state index is 3.49. The summed E-state index contributed by atoms with van der Waals surface area (Å²) in [6, 6.07) is 0. The Hall–Kier alpha value is -0.0400. The highest BCUT2D eigenvalue weighted by molar-refractivity contribution is 4.90. The average molecular weight is 181 g/mol. The third kappa shape index (κ3) is 2.07. The Morgan fingerprint density at radius 3 is 2.08 bits per heavy atom. The standard InChI is InChI=1S/C12H23N/c1-10-7-11(2)9-12(8-10)3-5-13-6-4-12/h10-11,13H,3-9H2,1-2H3. The predicted molar refractivity (Wildman–Crippen MR) is 56.7 cm³/mol. The van der Waals surface area contributed by atoms with E-state index < -0.39 is 0 Å². The number of nitrogens with one attached hydrogen (secondary N) is 1. The lowest BCUT2D eigenvalue weighted by molar-refractivity contribution is 0.0698. The van der Waals surface area contributed by atoms with Crippen LogP contribution in [0.4, 0.5) is 0 Å². The van der Waals surface area contributed by atoms with Crippen LogP contribution in [0.1, 0.15) is 46.0 Å². The number of hydrogen-bond donors (Lipinski definition) is 1. The lowest BCUT2D eigenvalue weighted by atomic mass is 9.62. The largest absolute Gasteiger partial charge is 0.317 e. The van der Waals surface area contributed by atoms with Crippen LogP contribution in [0.2, 0.25) is 0 Å². The van der Waals surface area contributed by atoms with Gasteiger partial charge >= 0.3 is 0 Å². The van der Waals surface area contributed by atoms with Crippen LogP contribution in [-0.2, 0) is 0 Å². The first-order chi connectivity index (χ1) is 6.20. The van der Waals surface area contributed by atoms with E-state index in [4.69, 9.17) is 0 Å². The molecule has 1 heteroatoms. The molecule has 0 amide bonds. The summed E-state index contributed by atoms with van der Waals surface area (Å²) in [5.41, 5.74) is 0.738. The second-order valence-electron chi connectivity index (χ2n) is 5.60. The van der Waals surface area contributed by atoms with E-state index in [0.29, 0.717) is 0 Å². The van der Waals surface area contributed by atoms with Crippen molar-refractivity contribution in [3.63, 3.8) is 0 Å². The van der Waals surface area contributed by atoms with Crippen molar-refractivity contribution >= 4 is 0 Å². The van der Waals surface area contributed by atoms with Crippen molar-refractivity contribution in [2.24, 2.45) is 17.3 Å². The molecule has 2 atom stereocenters. The fraction of sp³-hybridized carbons (Fsp3) is 1.00. The number of piperidine rings is 1. The van der Waals surface area contributed by atoms with Crippen LogP contribution in [-0.4, -0.2) is 13.1 Å². The topological polar surface area (TPSA) is 12.0 Å². The van der Waals surface area contributed by atoms with Gasteiger partial charge in [-0.25, -0.2) is 0 Å². The maximum Gasteiger partial charge on any atom is -0.00436 e. The third-order valence-corrected chi connectivity index (χ3v) is 4.03. The Bertz CT molecular complexity index is 158. The Kier molecular flexibility index (Phi) is 2.64. The van der Waals surface area contributed by atoms with Crippen molar-refractivity contribution < 1.29 is 0 Å². The molecule has 13 heavy (non-hydrogen) atoms. The van der Waals surface area contributed by atoms with E-state index in [-0.39, 0.29) is 0 Å². The smallest absolute Gasteiger partial charge is 0.00436 e. The molecule has 1 saturated heterocycles. The van der Waals surface area contributed by atoms with Gasteiger partial charge < -0.3 is 5.32 Å². The number of rotatable bonds is 0. The van der Waals surface area contributed by atoms with E-state index in [0.717, 1.165) is 17.3 Å². The van der Waals surface area contributed by atoms with Gasteiger partial charge in [0.25, 0.3) is 0 Å². The Balaban J connectivity index is 2.02. The van der Waals surface area contributed by atoms with E-state index in [2.05, 4.69) is 19.2 Å². The van der Waals surface area contributed by atoms with E-state index in [9.17, 15) is 0 Å². The molecule has 1 heterocycles. The molecule has 2 aliphatic rings. The fourth-order valence-electron chi connectivity index (χ4n) is 3.78. The Labute approximate surface area is 82.3 Å². The molecule has 2 fully saturated rings. The molecule has 0 aromatic heterocycles. The molecule has 0 aromatic carbocycles. The van der Waals surface area contributed by atoms with Gasteiger partial charge in [0.05, 0.1) is 0 Å². The summed E-state index contributed by atoms with van der Waals surface area (Å²) in [6.07, 6.45) is 7.33. The van der Waals surface area contributed by atoms with Gasteiger partial charge in [0.2, 0.25) is 0 Å². The molecular formula is C12H23N. The lowest BCUT2D eigenvalue weighted by Crippen LogP contribution is -2.41. The van der Waals surface area contributed by atoms with Crippen LogP contribution in [0.5, 0.6) is 0 Å². The first-order valence-electron chi connectivity index (χ1n) is 5.91. The van der Waals surface area contributed by atoms with Crippen molar-refractivity contribution in [2.75, 3.05) is 13.1 Å². The van der Waals surface area contributed by atoms with Crippen LogP contribution < -0.4 is 5.32 Å². The van der Waals surface area contributed by atoms with E-state index >= 15 is 0 Å². The second kappa shape index (κ2) is 3.61. The van der Waals surface area contributed by atoms with Gasteiger partial charge in [-0.05, 0) is 62.4 Å². The minimum atomic E-state index is 0.738. The van der Waals surface area contributed by atoms with Crippen molar-refractivity contribution in [2.45, 2.75) is 46.0 Å². The zero-order valence-electron chi connectivity index (χ0n) is 9.10. The first kappa shape index (κ1) is 9.51. The van der Waals surface area contributed by atoms with Crippen LogP contribution >= 0.6 is 0 Å². The quantitative estimate of drug-likeness (QED) is 0.606. The fourth-order valence-corrected chi connectivity index (χ4v) is 3.78. The zero-order chi connectivity index (χ0) is 9.31. The normalized spacial score (nSPS) is 39.2. The first-order valence-corrected chi connectivity index (χ1v) is 5.91. The Morgan fingerprint density at radius 2 is 1.54 bits per heavy atom. The maximum absolute atomic E-state index is 3.49. The van der Waals surface area contributed by atoms with Crippen molar-refractivity contribution in [3.8, 4) is 0 Å². The van der Waals surface area contributed by atoms with E-state index in [1.165, 1.54) is 45.2 Å². The highest BCUT2D eigenvalue weighted by Crippen LogP contribution is 2.47. The second-order valence-corrected chi connectivity index (χ2v) is 5.60. The Morgan fingerprint density at radius 1 is 1.00 bits per heavy atom. The summed E-state index contributed by atoms with van der Waals surface area (Å²) in [6.45, 7) is 7.41. The lowest BCUT2D eigenvalue weighted by Gasteiger charge is -2.45. The number of hydrogen-bond acceptors (Lipinski definition) is 1. The highest BCUT2D eigenvalue weighted by Gasteiger charge is 2.38. The summed E-state index contributed by atoms with van der Waals surface area (Å²) in [5, 5.41) is 3.49. The molecule has 2 unspecified atom stereocenters. The van der Waals surface area contributed by atoms with Crippen LogP contribution in [0.15, 0.2) is 0 Å². The molecular weight excluding hydrogens is 158 g/mol. The monoisotopic (exact) mass is 181 g/mol. The molecule has 1 nitrogen and oxygen atoms in total. The highest BCUT2D eigenvalue weighted by atomic mass is 14.9. The summed E-state index contributed by atoms with van der Waals surface area (Å²) < 4.78 is 0. The molecule has 1 N–H and O–H groups in total. The molecule has 1 aliphatic heterocycles. The van der Waals surface area contributed by atoms with Gasteiger partial charge in [-0.3, -0.25) is 0 Å². The third-order valence-electron chi connectivity index (χ3n) is 4.03. The predicted octanol–water partition coefficient (Wildman–Crippen LogP) is 2.81. The zero-order valence-corrected chi connectivity index (χ0v) is 9.10. The van der Waals surface area contributed by atoms with Crippen LogP contribution in [0.25, 0.3) is 0 Å². The van der Waals surface area contributed by atoms with Gasteiger partial charge in [0.1, 0.15) is 0 Å². The van der Waals surface area contributed by atoms with Crippen molar-refractivity contribution in [3.05, 3.63) is 0 Å². The molecule has 2 rings (SSSR count). The minimum absolute atomic E-state index is 0.738. The van der Waals surface area contributed by atoms with Gasteiger partial charge in [0.15, 0.2) is 0 Å².